The summed E-state index contributed by atoms with van der Waals surface area (Å²) in [5.74, 6) is 1.49. The second kappa shape index (κ2) is 8.41. The summed E-state index contributed by atoms with van der Waals surface area (Å²) in [5, 5.41) is 10.5. The van der Waals surface area contributed by atoms with E-state index in [1.165, 1.54) is 0 Å². The number of likely N-dealkylation sites (N-methyl/N-ethyl adjacent to an activating group) is 1. The zero-order chi connectivity index (χ0) is 17.5. The SMILES string of the molecule is COc1ccc(C=Cc2c(CCN(C)C)ccc(OC)c2O)cc1. The number of phenols is 1. The molecule has 24 heavy (non-hydrogen) atoms. The van der Waals surface area contributed by atoms with Crippen LogP contribution in [-0.2, 0) is 6.42 Å². The minimum atomic E-state index is 0.179. The summed E-state index contributed by atoms with van der Waals surface area (Å²) in [6.07, 6.45) is 4.77. The first-order valence-electron chi connectivity index (χ1n) is 7.91. The molecule has 0 aliphatic heterocycles. The van der Waals surface area contributed by atoms with Crippen LogP contribution in [0.5, 0.6) is 17.2 Å². The molecule has 1 N–H and O–H groups in total. The summed E-state index contributed by atoms with van der Waals surface area (Å²) in [6.45, 7) is 0.912. The molecule has 0 radical (unpaired) electrons. The Morgan fingerprint density at radius 1 is 0.958 bits per heavy atom. The molecule has 2 aromatic rings. The number of aromatic hydroxyl groups is 1. The van der Waals surface area contributed by atoms with Crippen LogP contribution in [0.1, 0.15) is 16.7 Å². The molecule has 0 saturated carbocycles. The number of ether oxygens (including phenoxy) is 2. The zero-order valence-electron chi connectivity index (χ0n) is 14.7. The Kier molecular flexibility index (Phi) is 6.27. The van der Waals surface area contributed by atoms with E-state index in [9.17, 15) is 5.11 Å². The van der Waals surface area contributed by atoms with Crippen molar-refractivity contribution >= 4 is 12.2 Å². The molecule has 0 saturated heterocycles. The average Bonchev–Trinajstić information content (AvgIpc) is 2.59. The van der Waals surface area contributed by atoms with Gasteiger partial charge < -0.3 is 19.5 Å². The molecular weight excluding hydrogens is 302 g/mol. The van der Waals surface area contributed by atoms with Gasteiger partial charge in [0.2, 0.25) is 0 Å². The number of phenolic OH excluding ortho intramolecular Hbond substituents is 1. The van der Waals surface area contributed by atoms with Crippen molar-refractivity contribution in [2.24, 2.45) is 0 Å². The van der Waals surface area contributed by atoms with Crippen LogP contribution in [0.3, 0.4) is 0 Å². The van der Waals surface area contributed by atoms with Crippen LogP contribution in [0.15, 0.2) is 36.4 Å². The summed E-state index contributed by atoms with van der Waals surface area (Å²) in [5.41, 5.74) is 2.93. The minimum Gasteiger partial charge on any atom is -0.504 e. The molecule has 4 heteroatoms. The molecule has 0 atom stereocenters. The first-order valence-corrected chi connectivity index (χ1v) is 7.91. The van der Waals surface area contributed by atoms with E-state index in [2.05, 4.69) is 4.90 Å². The van der Waals surface area contributed by atoms with Gasteiger partial charge in [-0.3, -0.25) is 0 Å². The lowest BCUT2D eigenvalue weighted by Gasteiger charge is -2.14. The maximum absolute atomic E-state index is 10.5. The number of nitrogens with zero attached hydrogens (tertiary/aromatic N) is 1. The summed E-state index contributed by atoms with van der Waals surface area (Å²) in [7, 11) is 7.29. The Morgan fingerprint density at radius 2 is 1.67 bits per heavy atom. The van der Waals surface area contributed by atoms with E-state index in [1.54, 1.807) is 14.2 Å². The van der Waals surface area contributed by atoms with Crippen molar-refractivity contribution in [2.75, 3.05) is 34.9 Å². The van der Waals surface area contributed by atoms with E-state index in [4.69, 9.17) is 9.47 Å². The zero-order valence-corrected chi connectivity index (χ0v) is 14.7. The predicted molar refractivity (Wildman–Crippen MR) is 98.8 cm³/mol. The van der Waals surface area contributed by atoms with Gasteiger partial charge in [0.1, 0.15) is 5.75 Å². The molecule has 128 valence electrons. The van der Waals surface area contributed by atoms with Gasteiger partial charge in [-0.05, 0) is 49.8 Å². The summed E-state index contributed by atoms with van der Waals surface area (Å²) >= 11 is 0. The Hall–Kier alpha value is -2.46. The smallest absolute Gasteiger partial charge is 0.165 e. The highest BCUT2D eigenvalue weighted by molar-refractivity contribution is 5.76. The molecule has 0 aromatic heterocycles. The van der Waals surface area contributed by atoms with Gasteiger partial charge >= 0.3 is 0 Å². The molecular formula is C20H25NO3. The van der Waals surface area contributed by atoms with Crippen molar-refractivity contribution in [3.05, 3.63) is 53.1 Å². The summed E-state index contributed by atoms with van der Waals surface area (Å²) in [4.78, 5) is 2.12. The standard InChI is InChI=1S/C20H25NO3/c1-21(2)14-13-16-8-12-19(24-4)20(22)18(16)11-7-15-5-9-17(23-3)10-6-15/h5-12,22H,13-14H2,1-4H3. The Bertz CT molecular complexity index is 691. The average molecular weight is 327 g/mol. The van der Waals surface area contributed by atoms with Crippen molar-refractivity contribution in [3.8, 4) is 17.2 Å². The van der Waals surface area contributed by atoms with E-state index in [-0.39, 0.29) is 5.75 Å². The number of hydrogen-bond acceptors (Lipinski definition) is 4. The van der Waals surface area contributed by atoms with Gasteiger partial charge in [0.05, 0.1) is 14.2 Å². The predicted octanol–water partition coefficient (Wildman–Crippen LogP) is 3.68. The van der Waals surface area contributed by atoms with Crippen molar-refractivity contribution < 1.29 is 14.6 Å². The van der Waals surface area contributed by atoms with Crippen LogP contribution < -0.4 is 9.47 Å². The number of rotatable bonds is 7. The Balaban J connectivity index is 2.32. The van der Waals surface area contributed by atoms with Gasteiger partial charge in [-0.2, -0.15) is 0 Å². The molecule has 2 aromatic carbocycles. The fourth-order valence-electron chi connectivity index (χ4n) is 2.44. The fourth-order valence-corrected chi connectivity index (χ4v) is 2.44. The van der Waals surface area contributed by atoms with E-state index >= 15 is 0 Å². The third-order valence-corrected chi connectivity index (χ3v) is 3.88. The van der Waals surface area contributed by atoms with Crippen LogP contribution in [0.2, 0.25) is 0 Å². The third-order valence-electron chi connectivity index (χ3n) is 3.88. The third kappa shape index (κ3) is 4.52. The first kappa shape index (κ1) is 17.9. The minimum absolute atomic E-state index is 0.179. The maximum Gasteiger partial charge on any atom is 0.165 e. The highest BCUT2D eigenvalue weighted by Gasteiger charge is 2.11. The van der Waals surface area contributed by atoms with E-state index in [0.29, 0.717) is 5.75 Å². The maximum atomic E-state index is 10.5. The fraction of sp³-hybridized carbons (Fsp3) is 0.300. The Labute approximate surface area is 143 Å². The second-order valence-electron chi connectivity index (χ2n) is 5.85. The van der Waals surface area contributed by atoms with Gasteiger partial charge in [0, 0.05) is 12.1 Å². The van der Waals surface area contributed by atoms with Crippen LogP contribution >= 0.6 is 0 Å². The van der Waals surface area contributed by atoms with Crippen molar-refractivity contribution in [1.29, 1.82) is 0 Å². The van der Waals surface area contributed by atoms with Gasteiger partial charge in [0.15, 0.2) is 11.5 Å². The quantitative estimate of drug-likeness (QED) is 0.788. The van der Waals surface area contributed by atoms with Gasteiger partial charge in [-0.25, -0.2) is 0 Å². The lowest BCUT2D eigenvalue weighted by molar-refractivity contribution is 0.371. The summed E-state index contributed by atoms with van der Waals surface area (Å²) < 4.78 is 10.4. The van der Waals surface area contributed by atoms with Crippen molar-refractivity contribution in [1.82, 2.24) is 4.90 Å². The lowest BCUT2D eigenvalue weighted by Crippen LogP contribution is -2.15. The molecule has 4 nitrogen and oxygen atoms in total. The molecule has 0 heterocycles. The van der Waals surface area contributed by atoms with Crippen molar-refractivity contribution in [3.63, 3.8) is 0 Å². The first-order chi connectivity index (χ1) is 11.5. The molecule has 0 fully saturated rings. The second-order valence-corrected chi connectivity index (χ2v) is 5.85. The van der Waals surface area contributed by atoms with E-state index < -0.39 is 0 Å². The Morgan fingerprint density at radius 3 is 2.25 bits per heavy atom. The largest absolute Gasteiger partial charge is 0.504 e. The van der Waals surface area contributed by atoms with Gasteiger partial charge in [0.25, 0.3) is 0 Å². The van der Waals surface area contributed by atoms with E-state index in [0.717, 1.165) is 35.4 Å². The van der Waals surface area contributed by atoms with Crippen molar-refractivity contribution in [2.45, 2.75) is 6.42 Å². The monoisotopic (exact) mass is 327 g/mol. The number of benzene rings is 2. The van der Waals surface area contributed by atoms with Crippen LogP contribution in [0, 0.1) is 0 Å². The molecule has 2 rings (SSSR count). The van der Waals surface area contributed by atoms with Gasteiger partial charge in [-0.15, -0.1) is 0 Å². The molecule has 0 spiro atoms. The number of methoxy groups -OCH3 is 2. The summed E-state index contributed by atoms with van der Waals surface area (Å²) in [6, 6.07) is 11.6. The molecule has 0 unspecified atom stereocenters. The van der Waals surface area contributed by atoms with Crippen LogP contribution in [0.4, 0.5) is 0 Å². The highest BCUT2D eigenvalue weighted by Crippen LogP contribution is 2.34. The normalized spacial score (nSPS) is 11.2. The molecule has 0 aliphatic carbocycles. The van der Waals surface area contributed by atoms with Crippen LogP contribution in [0.25, 0.3) is 12.2 Å². The van der Waals surface area contributed by atoms with Gasteiger partial charge in [-0.1, -0.05) is 30.4 Å². The molecule has 0 bridgehead atoms. The topological polar surface area (TPSA) is 41.9 Å². The molecule has 0 amide bonds. The number of hydrogen-bond donors (Lipinski definition) is 1. The van der Waals surface area contributed by atoms with E-state index in [1.807, 2.05) is 62.6 Å². The lowest BCUT2D eigenvalue weighted by atomic mass is 10.0. The van der Waals surface area contributed by atoms with Crippen LogP contribution in [-0.4, -0.2) is 44.9 Å². The highest BCUT2D eigenvalue weighted by atomic mass is 16.5. The molecule has 0 aliphatic rings.